The van der Waals surface area contributed by atoms with Gasteiger partial charge in [-0.05, 0) is 12.8 Å². The molecule has 3 heteroatoms. The lowest BCUT2D eigenvalue weighted by Crippen LogP contribution is -2.35. The highest BCUT2D eigenvalue weighted by atomic mass is 16.2. The van der Waals surface area contributed by atoms with E-state index >= 15 is 0 Å². The second kappa shape index (κ2) is 12.9. The Kier molecular flexibility index (Phi) is 12.5. The molecule has 0 rings (SSSR count). The molecule has 0 aromatic carbocycles. The molecule has 2 N–H and O–H groups in total. The van der Waals surface area contributed by atoms with Crippen molar-refractivity contribution in [2.75, 3.05) is 19.6 Å². The van der Waals surface area contributed by atoms with Crippen LogP contribution in [0, 0.1) is 0 Å². The zero-order chi connectivity index (χ0) is 13.6. The summed E-state index contributed by atoms with van der Waals surface area (Å²) in [6, 6.07) is 0. The Morgan fingerprint density at radius 1 is 0.889 bits per heavy atom. The van der Waals surface area contributed by atoms with Crippen LogP contribution in [0.3, 0.4) is 0 Å². The summed E-state index contributed by atoms with van der Waals surface area (Å²) in [6.45, 7) is 6.47. The lowest BCUT2D eigenvalue weighted by Gasteiger charge is -2.21. The van der Waals surface area contributed by atoms with E-state index in [0.717, 1.165) is 19.4 Å². The van der Waals surface area contributed by atoms with Gasteiger partial charge in [0.1, 0.15) is 0 Å². The summed E-state index contributed by atoms with van der Waals surface area (Å²) in [5.41, 5.74) is 5.53. The van der Waals surface area contributed by atoms with Crippen molar-refractivity contribution in [1.82, 2.24) is 4.90 Å². The Hall–Kier alpha value is -0.570. The molecule has 3 nitrogen and oxygen atoms in total. The topological polar surface area (TPSA) is 46.3 Å². The van der Waals surface area contributed by atoms with Gasteiger partial charge in [0.15, 0.2) is 0 Å². The second-order valence-electron chi connectivity index (χ2n) is 5.04. The third-order valence-corrected chi connectivity index (χ3v) is 3.24. The molecule has 0 aliphatic heterocycles. The first-order valence-electron chi connectivity index (χ1n) is 7.74. The zero-order valence-electron chi connectivity index (χ0n) is 12.4. The first-order valence-corrected chi connectivity index (χ1v) is 7.74. The Bertz CT molecular complexity index is 189. The van der Waals surface area contributed by atoms with E-state index < -0.39 is 0 Å². The molecular weight excluding hydrogens is 224 g/mol. The van der Waals surface area contributed by atoms with E-state index in [1.165, 1.54) is 38.5 Å². The van der Waals surface area contributed by atoms with Crippen LogP contribution in [0.15, 0.2) is 0 Å². The molecule has 0 aromatic heterocycles. The summed E-state index contributed by atoms with van der Waals surface area (Å²) in [6.07, 6.45) is 10.5. The first kappa shape index (κ1) is 17.4. The maximum absolute atomic E-state index is 11.9. The van der Waals surface area contributed by atoms with Crippen LogP contribution in [-0.4, -0.2) is 30.4 Å². The average molecular weight is 256 g/mol. The second-order valence-corrected chi connectivity index (χ2v) is 5.04. The van der Waals surface area contributed by atoms with Crippen LogP contribution in [0.1, 0.15) is 71.6 Å². The minimum absolute atomic E-state index is 0.288. The summed E-state index contributed by atoms with van der Waals surface area (Å²) in [5.74, 6) is 0.288. The third kappa shape index (κ3) is 9.46. The lowest BCUT2D eigenvalue weighted by atomic mass is 10.1. The molecule has 0 aliphatic carbocycles. The molecule has 0 heterocycles. The number of nitrogens with two attached hydrogens (primary N) is 1. The number of carbonyl (C=O) groups is 1. The minimum Gasteiger partial charge on any atom is -0.341 e. The summed E-state index contributed by atoms with van der Waals surface area (Å²) in [5, 5.41) is 0. The van der Waals surface area contributed by atoms with E-state index in [9.17, 15) is 4.79 Å². The summed E-state index contributed by atoms with van der Waals surface area (Å²) in [4.78, 5) is 13.8. The number of carbonyl (C=O) groups excluding carboxylic acids is 1. The molecule has 1 amide bonds. The highest BCUT2D eigenvalue weighted by Crippen LogP contribution is 2.09. The number of hydrogen-bond acceptors (Lipinski definition) is 2. The largest absolute Gasteiger partial charge is 0.341 e. The fraction of sp³-hybridized carbons (Fsp3) is 0.933. The van der Waals surface area contributed by atoms with Crippen molar-refractivity contribution in [3.8, 4) is 0 Å². The van der Waals surface area contributed by atoms with Crippen LogP contribution in [0.5, 0.6) is 0 Å². The van der Waals surface area contributed by atoms with E-state index in [1.807, 2.05) is 4.90 Å². The molecular formula is C15H32N2O. The van der Waals surface area contributed by atoms with Gasteiger partial charge in [-0.25, -0.2) is 0 Å². The fourth-order valence-corrected chi connectivity index (χ4v) is 2.18. The highest BCUT2D eigenvalue weighted by molar-refractivity contribution is 5.76. The fourth-order valence-electron chi connectivity index (χ4n) is 2.18. The van der Waals surface area contributed by atoms with Crippen LogP contribution in [0.4, 0.5) is 0 Å². The summed E-state index contributed by atoms with van der Waals surface area (Å²) in [7, 11) is 0. The van der Waals surface area contributed by atoms with E-state index in [0.29, 0.717) is 19.5 Å². The van der Waals surface area contributed by atoms with Crippen molar-refractivity contribution in [2.24, 2.45) is 5.73 Å². The van der Waals surface area contributed by atoms with E-state index in [-0.39, 0.29) is 5.91 Å². The normalized spacial score (nSPS) is 10.6. The molecule has 0 radical (unpaired) electrons. The molecule has 18 heavy (non-hydrogen) atoms. The van der Waals surface area contributed by atoms with Crippen LogP contribution < -0.4 is 5.73 Å². The minimum atomic E-state index is 0.288. The van der Waals surface area contributed by atoms with Gasteiger partial charge in [0.25, 0.3) is 0 Å². The van der Waals surface area contributed by atoms with E-state index in [4.69, 9.17) is 5.73 Å². The third-order valence-electron chi connectivity index (χ3n) is 3.24. The molecule has 0 bridgehead atoms. The van der Waals surface area contributed by atoms with Gasteiger partial charge in [-0.2, -0.15) is 0 Å². The van der Waals surface area contributed by atoms with E-state index in [1.54, 1.807) is 0 Å². The predicted octanol–water partition coefficient (Wildman–Crippen LogP) is 3.32. The monoisotopic (exact) mass is 256 g/mol. The van der Waals surface area contributed by atoms with Gasteiger partial charge in [0.05, 0.1) is 0 Å². The van der Waals surface area contributed by atoms with E-state index in [2.05, 4.69) is 13.8 Å². The molecule has 0 aromatic rings. The van der Waals surface area contributed by atoms with Crippen LogP contribution in [0.2, 0.25) is 0 Å². The van der Waals surface area contributed by atoms with Crippen LogP contribution in [0.25, 0.3) is 0 Å². The lowest BCUT2D eigenvalue weighted by molar-refractivity contribution is -0.131. The van der Waals surface area contributed by atoms with Gasteiger partial charge in [-0.3, -0.25) is 4.79 Å². The molecule has 108 valence electrons. The SMILES string of the molecule is CCCCCCCCCC(=O)N(CCC)CCN. The molecule has 0 spiro atoms. The predicted molar refractivity (Wildman–Crippen MR) is 78.5 cm³/mol. The van der Waals surface area contributed by atoms with Gasteiger partial charge in [0, 0.05) is 26.1 Å². The Morgan fingerprint density at radius 2 is 1.50 bits per heavy atom. The van der Waals surface area contributed by atoms with Gasteiger partial charge < -0.3 is 10.6 Å². The summed E-state index contributed by atoms with van der Waals surface area (Å²) < 4.78 is 0. The summed E-state index contributed by atoms with van der Waals surface area (Å²) >= 11 is 0. The van der Waals surface area contributed by atoms with Crippen molar-refractivity contribution >= 4 is 5.91 Å². The smallest absolute Gasteiger partial charge is 0.222 e. The first-order chi connectivity index (χ1) is 8.76. The number of amides is 1. The Balaban J connectivity index is 3.54. The molecule has 0 aliphatic rings. The van der Waals surface area contributed by atoms with Crippen molar-refractivity contribution in [3.05, 3.63) is 0 Å². The molecule has 0 saturated carbocycles. The number of rotatable bonds is 12. The molecule has 0 fully saturated rings. The maximum Gasteiger partial charge on any atom is 0.222 e. The highest BCUT2D eigenvalue weighted by Gasteiger charge is 2.10. The average Bonchev–Trinajstić information content (AvgIpc) is 2.37. The zero-order valence-corrected chi connectivity index (χ0v) is 12.4. The van der Waals surface area contributed by atoms with Gasteiger partial charge >= 0.3 is 0 Å². The van der Waals surface area contributed by atoms with Crippen molar-refractivity contribution in [2.45, 2.75) is 71.6 Å². The van der Waals surface area contributed by atoms with Gasteiger partial charge in [-0.15, -0.1) is 0 Å². The van der Waals surface area contributed by atoms with Gasteiger partial charge in [-0.1, -0.05) is 52.4 Å². The molecule has 0 unspecified atom stereocenters. The van der Waals surface area contributed by atoms with Crippen molar-refractivity contribution in [3.63, 3.8) is 0 Å². The Morgan fingerprint density at radius 3 is 2.06 bits per heavy atom. The number of nitrogens with zero attached hydrogens (tertiary/aromatic N) is 1. The van der Waals surface area contributed by atoms with Crippen LogP contribution in [-0.2, 0) is 4.79 Å². The standard InChI is InChI=1S/C15H32N2O/c1-3-5-6-7-8-9-10-11-15(18)17(13-4-2)14-12-16/h3-14,16H2,1-2H3. The maximum atomic E-state index is 11.9. The van der Waals surface area contributed by atoms with Crippen molar-refractivity contribution < 1.29 is 4.79 Å². The number of unbranched alkanes of at least 4 members (excludes halogenated alkanes) is 6. The number of hydrogen-bond donors (Lipinski definition) is 1. The quantitative estimate of drug-likeness (QED) is 0.544. The molecule has 0 saturated heterocycles. The molecule has 0 atom stereocenters. The van der Waals surface area contributed by atoms with Crippen LogP contribution >= 0.6 is 0 Å². The van der Waals surface area contributed by atoms with Crippen molar-refractivity contribution in [1.29, 1.82) is 0 Å². The van der Waals surface area contributed by atoms with Gasteiger partial charge in [0.2, 0.25) is 5.91 Å². The Labute approximate surface area is 113 Å².